The molecule has 4 heterocycles. The normalized spacial score (nSPS) is 55.3. The van der Waals surface area contributed by atoms with E-state index in [9.17, 15) is 0 Å². The predicted octanol–water partition coefficient (Wildman–Crippen LogP) is 3.62. The lowest BCUT2D eigenvalue weighted by Gasteiger charge is -2.60. The summed E-state index contributed by atoms with van der Waals surface area (Å²) in [4.78, 5) is 11.9. The van der Waals surface area contributed by atoms with Crippen molar-refractivity contribution in [1.29, 1.82) is 0 Å². The SMILES string of the molecule is CCCO[C@H]1O[C@@H]2O[C@@]3(C)CCC4[C@H](C)CCC([C@H]1C)[C@]42OO3. The van der Waals surface area contributed by atoms with E-state index in [1.807, 2.05) is 6.92 Å². The molecule has 5 nitrogen and oxygen atoms in total. The highest BCUT2D eigenvalue weighted by molar-refractivity contribution is 5.09. The topological polar surface area (TPSA) is 46.2 Å². The van der Waals surface area contributed by atoms with Crippen LogP contribution in [0.5, 0.6) is 0 Å². The highest BCUT2D eigenvalue weighted by atomic mass is 17.3. The van der Waals surface area contributed by atoms with E-state index in [1.165, 1.54) is 6.42 Å². The van der Waals surface area contributed by atoms with Gasteiger partial charge in [0.15, 0.2) is 18.2 Å². The maximum Gasteiger partial charge on any atom is 0.201 e. The summed E-state index contributed by atoms with van der Waals surface area (Å²) in [5.41, 5.74) is -0.473. The lowest BCUT2D eigenvalue weighted by molar-refractivity contribution is -0.577. The first kappa shape index (κ1) is 16.3. The zero-order valence-corrected chi connectivity index (χ0v) is 14.7. The molecule has 132 valence electrons. The summed E-state index contributed by atoms with van der Waals surface area (Å²) in [6, 6.07) is 0. The van der Waals surface area contributed by atoms with Crippen LogP contribution in [0.15, 0.2) is 0 Å². The van der Waals surface area contributed by atoms with Crippen molar-refractivity contribution in [2.45, 2.75) is 83.8 Å². The van der Waals surface area contributed by atoms with Gasteiger partial charge in [-0.25, -0.2) is 9.78 Å². The lowest BCUT2D eigenvalue weighted by atomic mass is 9.58. The van der Waals surface area contributed by atoms with Crippen molar-refractivity contribution in [2.24, 2.45) is 23.7 Å². The van der Waals surface area contributed by atoms with Crippen LogP contribution in [0.2, 0.25) is 0 Å². The molecule has 0 radical (unpaired) electrons. The van der Waals surface area contributed by atoms with Crippen LogP contribution in [-0.4, -0.2) is 30.6 Å². The molecule has 5 fully saturated rings. The number of hydrogen-bond acceptors (Lipinski definition) is 5. The van der Waals surface area contributed by atoms with Gasteiger partial charge in [-0.1, -0.05) is 20.8 Å². The van der Waals surface area contributed by atoms with Gasteiger partial charge in [0.1, 0.15) is 0 Å². The smallest absolute Gasteiger partial charge is 0.201 e. The average Bonchev–Trinajstić information content (AvgIpc) is 2.76. The Labute approximate surface area is 138 Å². The van der Waals surface area contributed by atoms with Crippen molar-refractivity contribution in [2.75, 3.05) is 6.61 Å². The summed E-state index contributed by atoms with van der Waals surface area (Å²) in [5.74, 6) is 0.956. The zero-order chi connectivity index (χ0) is 16.2. The molecule has 0 aromatic carbocycles. The van der Waals surface area contributed by atoms with Crippen molar-refractivity contribution >= 4 is 0 Å². The van der Waals surface area contributed by atoms with Crippen LogP contribution in [0.3, 0.4) is 0 Å². The fourth-order valence-electron chi connectivity index (χ4n) is 5.30. The standard InChI is InChI=1S/C18H30O5/c1-5-10-19-15-12(3)14-7-6-11(2)13-8-9-17(4)21-16(20-15)18(13,14)23-22-17/h11-16H,5-10H2,1-4H3/t11-,12-,13?,14?,15+,16-,17-,18-/m1/s1. The molecule has 0 aromatic rings. The highest BCUT2D eigenvalue weighted by Crippen LogP contribution is 2.60. The quantitative estimate of drug-likeness (QED) is 0.741. The molecule has 1 spiro atoms. The Morgan fingerprint density at radius 2 is 1.91 bits per heavy atom. The lowest BCUT2D eigenvalue weighted by Crippen LogP contribution is -2.70. The summed E-state index contributed by atoms with van der Waals surface area (Å²) in [5, 5.41) is 0. The molecule has 4 saturated heterocycles. The van der Waals surface area contributed by atoms with Gasteiger partial charge in [0.2, 0.25) is 5.79 Å². The molecular formula is C18H30O5. The van der Waals surface area contributed by atoms with Crippen LogP contribution < -0.4 is 0 Å². The van der Waals surface area contributed by atoms with Gasteiger partial charge < -0.3 is 14.2 Å². The molecule has 5 rings (SSSR count). The van der Waals surface area contributed by atoms with Crippen molar-refractivity contribution < 1.29 is 24.0 Å². The second-order valence-corrected chi connectivity index (χ2v) is 8.14. The van der Waals surface area contributed by atoms with Gasteiger partial charge in [-0.15, -0.1) is 0 Å². The van der Waals surface area contributed by atoms with E-state index in [2.05, 4.69) is 20.8 Å². The molecular weight excluding hydrogens is 296 g/mol. The van der Waals surface area contributed by atoms with Gasteiger partial charge in [0, 0.05) is 24.9 Å². The van der Waals surface area contributed by atoms with Gasteiger partial charge in [-0.2, -0.15) is 0 Å². The summed E-state index contributed by atoms with van der Waals surface area (Å²) >= 11 is 0. The van der Waals surface area contributed by atoms with Gasteiger partial charge >= 0.3 is 0 Å². The Morgan fingerprint density at radius 3 is 2.70 bits per heavy atom. The summed E-state index contributed by atoms with van der Waals surface area (Å²) in [6.45, 7) is 9.36. The number of fused-ring (bicyclic) bond motifs is 2. The van der Waals surface area contributed by atoms with Crippen molar-refractivity contribution in [1.82, 2.24) is 0 Å². The van der Waals surface area contributed by atoms with Crippen LogP contribution in [0.25, 0.3) is 0 Å². The fourth-order valence-corrected chi connectivity index (χ4v) is 5.30. The summed E-state index contributed by atoms with van der Waals surface area (Å²) < 4.78 is 18.6. The van der Waals surface area contributed by atoms with E-state index in [-0.39, 0.29) is 18.5 Å². The fraction of sp³-hybridized carbons (Fsp3) is 1.00. The maximum absolute atomic E-state index is 6.31. The summed E-state index contributed by atoms with van der Waals surface area (Å²) in [6.07, 6.45) is 4.66. The molecule has 2 bridgehead atoms. The number of ether oxygens (including phenoxy) is 3. The minimum absolute atomic E-state index is 0.212. The van der Waals surface area contributed by atoms with Crippen LogP contribution >= 0.6 is 0 Å². The molecule has 8 atom stereocenters. The Balaban J connectivity index is 1.70. The van der Waals surface area contributed by atoms with Gasteiger partial charge in [-0.3, -0.25) is 0 Å². The van der Waals surface area contributed by atoms with Crippen LogP contribution in [0, 0.1) is 23.7 Å². The molecule has 1 saturated carbocycles. The second-order valence-electron chi connectivity index (χ2n) is 8.14. The third-order valence-corrected chi connectivity index (χ3v) is 6.58. The molecule has 0 N–H and O–H groups in total. The van der Waals surface area contributed by atoms with Gasteiger partial charge in [-0.05, 0) is 44.4 Å². The Morgan fingerprint density at radius 1 is 1.09 bits per heavy atom. The van der Waals surface area contributed by atoms with Crippen molar-refractivity contribution in [3.63, 3.8) is 0 Å². The first-order valence-corrected chi connectivity index (χ1v) is 9.32. The van der Waals surface area contributed by atoms with Crippen molar-refractivity contribution in [3.05, 3.63) is 0 Å². The van der Waals surface area contributed by atoms with Crippen LogP contribution in [0.1, 0.15) is 59.8 Å². The van der Waals surface area contributed by atoms with Gasteiger partial charge in [0.05, 0.1) is 0 Å². The number of rotatable bonds is 3. The highest BCUT2D eigenvalue weighted by Gasteiger charge is 2.69. The predicted molar refractivity (Wildman–Crippen MR) is 83.1 cm³/mol. The average molecular weight is 326 g/mol. The first-order chi connectivity index (χ1) is 11.0. The minimum atomic E-state index is -0.701. The Kier molecular flexibility index (Phi) is 4.01. The monoisotopic (exact) mass is 326 g/mol. The van der Waals surface area contributed by atoms with Crippen LogP contribution in [0.4, 0.5) is 0 Å². The number of hydrogen-bond donors (Lipinski definition) is 0. The Bertz CT molecular complexity index is 457. The maximum atomic E-state index is 6.31. The first-order valence-electron chi connectivity index (χ1n) is 9.32. The molecule has 4 aliphatic heterocycles. The van der Waals surface area contributed by atoms with Crippen LogP contribution in [-0.2, 0) is 24.0 Å². The van der Waals surface area contributed by atoms with E-state index >= 15 is 0 Å². The van der Waals surface area contributed by atoms with E-state index in [1.54, 1.807) is 0 Å². The molecule has 5 heteroatoms. The van der Waals surface area contributed by atoms with E-state index in [0.29, 0.717) is 17.8 Å². The third kappa shape index (κ3) is 2.31. The zero-order valence-electron chi connectivity index (χ0n) is 14.7. The molecule has 23 heavy (non-hydrogen) atoms. The van der Waals surface area contributed by atoms with Crippen molar-refractivity contribution in [3.8, 4) is 0 Å². The molecule has 1 aliphatic carbocycles. The second kappa shape index (κ2) is 5.67. The molecule has 2 unspecified atom stereocenters. The summed E-state index contributed by atoms with van der Waals surface area (Å²) in [7, 11) is 0. The Hall–Kier alpha value is -0.200. The largest absolute Gasteiger partial charge is 0.352 e. The van der Waals surface area contributed by atoms with E-state index < -0.39 is 11.4 Å². The molecule has 0 amide bonds. The molecule has 5 aliphatic rings. The molecule has 0 aromatic heterocycles. The van der Waals surface area contributed by atoms with Gasteiger partial charge in [0.25, 0.3) is 0 Å². The van der Waals surface area contributed by atoms with E-state index in [4.69, 9.17) is 24.0 Å². The third-order valence-electron chi connectivity index (χ3n) is 6.58. The minimum Gasteiger partial charge on any atom is -0.352 e. The van der Waals surface area contributed by atoms with E-state index in [0.717, 1.165) is 32.3 Å².